The molecule has 1 aliphatic rings. The van der Waals surface area contributed by atoms with E-state index in [-0.39, 0.29) is 5.03 Å². The van der Waals surface area contributed by atoms with E-state index in [1.165, 1.54) is 12.5 Å². The number of hydrogen-bond donors (Lipinski definition) is 2. The average molecular weight is 293 g/mol. The molecule has 0 aliphatic carbocycles. The number of sulfonamides is 1. The molecule has 2 N–H and O–H groups in total. The van der Waals surface area contributed by atoms with Gasteiger partial charge in [-0.05, 0) is 23.2 Å². The third-order valence-corrected chi connectivity index (χ3v) is 4.28. The number of fused-ring (bicyclic) bond motifs is 1. The molecule has 0 saturated heterocycles. The Bertz CT molecular complexity index is 759. The molecular formula is C11H12BN3O4S. The quantitative estimate of drug-likeness (QED) is 0.740. The van der Waals surface area contributed by atoms with Gasteiger partial charge in [0.15, 0.2) is 5.03 Å². The summed E-state index contributed by atoms with van der Waals surface area (Å²) in [5.41, 5.74) is 1.78. The highest BCUT2D eigenvalue weighted by molar-refractivity contribution is 7.92. The Morgan fingerprint density at radius 2 is 2.30 bits per heavy atom. The van der Waals surface area contributed by atoms with Crippen LogP contribution in [0.15, 0.2) is 35.7 Å². The Kier molecular flexibility index (Phi) is 3.04. The molecule has 1 aromatic carbocycles. The van der Waals surface area contributed by atoms with E-state index in [1.807, 2.05) is 0 Å². The molecule has 0 spiro atoms. The van der Waals surface area contributed by atoms with Crippen LogP contribution >= 0.6 is 0 Å². The molecule has 0 fully saturated rings. The van der Waals surface area contributed by atoms with Gasteiger partial charge in [-0.3, -0.25) is 4.72 Å². The summed E-state index contributed by atoms with van der Waals surface area (Å²) >= 11 is 0. The summed E-state index contributed by atoms with van der Waals surface area (Å²) in [6.07, 6.45) is 2.82. The van der Waals surface area contributed by atoms with E-state index in [1.54, 1.807) is 29.8 Å². The zero-order valence-electron chi connectivity index (χ0n) is 10.6. The van der Waals surface area contributed by atoms with Crippen molar-refractivity contribution in [3.63, 3.8) is 0 Å². The number of nitrogens with one attached hydrogen (secondary N) is 1. The highest BCUT2D eigenvalue weighted by Gasteiger charge is 2.28. The summed E-state index contributed by atoms with van der Waals surface area (Å²) in [5, 5.41) is 9.55. The van der Waals surface area contributed by atoms with Gasteiger partial charge in [-0.15, -0.1) is 0 Å². The largest absolute Gasteiger partial charge is 0.491 e. The van der Waals surface area contributed by atoms with E-state index in [0.29, 0.717) is 17.8 Å². The number of anilines is 1. The van der Waals surface area contributed by atoms with E-state index in [4.69, 9.17) is 4.65 Å². The van der Waals surface area contributed by atoms with Gasteiger partial charge in [-0.2, -0.15) is 8.42 Å². The standard InChI is InChI=1S/C11H12BN3O4S/c1-15-5-11(13-7-15)20(17,18)14-9-3-2-8-6-19-12(16)10(8)4-9/h2-5,7,14,16H,6H2,1H3. The molecule has 7 nitrogen and oxygen atoms in total. The Hall–Kier alpha value is -1.84. The van der Waals surface area contributed by atoms with Crippen LogP contribution < -0.4 is 10.2 Å². The lowest BCUT2D eigenvalue weighted by Gasteiger charge is -2.07. The second-order valence-corrected chi connectivity index (χ2v) is 6.19. The first-order valence-corrected chi connectivity index (χ1v) is 7.37. The molecular weight excluding hydrogens is 281 g/mol. The number of nitrogens with zero attached hydrogens (tertiary/aromatic N) is 2. The van der Waals surface area contributed by atoms with E-state index < -0.39 is 17.1 Å². The van der Waals surface area contributed by atoms with Crippen molar-refractivity contribution in [2.45, 2.75) is 11.6 Å². The minimum Gasteiger partial charge on any atom is -0.423 e. The van der Waals surface area contributed by atoms with E-state index in [9.17, 15) is 13.4 Å². The van der Waals surface area contributed by atoms with Crippen LogP contribution in [-0.2, 0) is 28.3 Å². The maximum Gasteiger partial charge on any atom is 0.491 e. The molecule has 1 aromatic heterocycles. The molecule has 0 radical (unpaired) electrons. The molecule has 1 aliphatic heterocycles. The van der Waals surface area contributed by atoms with Crippen molar-refractivity contribution in [1.29, 1.82) is 0 Å². The van der Waals surface area contributed by atoms with Gasteiger partial charge in [-0.1, -0.05) is 6.07 Å². The maximum atomic E-state index is 12.1. The molecule has 0 bridgehead atoms. The van der Waals surface area contributed by atoms with Gasteiger partial charge >= 0.3 is 7.12 Å². The van der Waals surface area contributed by atoms with Crippen molar-refractivity contribution in [3.05, 3.63) is 36.3 Å². The van der Waals surface area contributed by atoms with Gasteiger partial charge in [0, 0.05) is 18.9 Å². The SMILES string of the molecule is Cn1cnc(S(=O)(=O)Nc2ccc3c(c2)B(O)OC3)c1. The van der Waals surface area contributed by atoms with Gasteiger partial charge in [-0.25, -0.2) is 4.98 Å². The van der Waals surface area contributed by atoms with Gasteiger partial charge < -0.3 is 14.2 Å². The van der Waals surface area contributed by atoms with Crippen LogP contribution in [0.25, 0.3) is 0 Å². The third kappa shape index (κ3) is 2.30. The van der Waals surface area contributed by atoms with Gasteiger partial charge in [0.05, 0.1) is 12.9 Å². The fraction of sp³-hybridized carbons (Fsp3) is 0.182. The number of imidazole rings is 1. The van der Waals surface area contributed by atoms with E-state index in [2.05, 4.69) is 9.71 Å². The molecule has 0 saturated carbocycles. The number of aromatic nitrogens is 2. The molecule has 2 heterocycles. The Labute approximate surface area is 116 Å². The van der Waals surface area contributed by atoms with Gasteiger partial charge in [0.25, 0.3) is 10.0 Å². The van der Waals surface area contributed by atoms with Crippen molar-refractivity contribution < 1.29 is 18.1 Å². The topological polar surface area (TPSA) is 93.5 Å². The molecule has 0 atom stereocenters. The molecule has 0 amide bonds. The molecule has 0 unspecified atom stereocenters. The zero-order chi connectivity index (χ0) is 14.3. The second kappa shape index (κ2) is 4.62. The van der Waals surface area contributed by atoms with Crippen LogP contribution in [0, 0.1) is 0 Å². The summed E-state index contributed by atoms with van der Waals surface area (Å²) in [6.45, 7) is 0.323. The van der Waals surface area contributed by atoms with Crippen LogP contribution in [0.1, 0.15) is 5.56 Å². The molecule has 9 heteroatoms. The van der Waals surface area contributed by atoms with Gasteiger partial charge in [0.2, 0.25) is 0 Å². The summed E-state index contributed by atoms with van der Waals surface area (Å²) in [4.78, 5) is 3.81. The second-order valence-electron chi connectivity index (χ2n) is 4.56. The third-order valence-electron chi connectivity index (χ3n) is 3.02. The van der Waals surface area contributed by atoms with Crippen LogP contribution in [0.2, 0.25) is 0 Å². The lowest BCUT2D eigenvalue weighted by molar-refractivity contribution is 0.275. The highest BCUT2D eigenvalue weighted by atomic mass is 32.2. The summed E-state index contributed by atoms with van der Waals surface area (Å²) < 4.78 is 33.3. The predicted molar refractivity (Wildman–Crippen MR) is 72.9 cm³/mol. The molecule has 20 heavy (non-hydrogen) atoms. The van der Waals surface area contributed by atoms with Crippen LogP contribution in [0.3, 0.4) is 0 Å². The summed E-state index contributed by atoms with van der Waals surface area (Å²) in [7, 11) is -3.05. The molecule has 3 rings (SSSR count). The average Bonchev–Trinajstić information content (AvgIpc) is 2.97. The van der Waals surface area contributed by atoms with Crippen molar-refractivity contribution in [1.82, 2.24) is 9.55 Å². The van der Waals surface area contributed by atoms with Crippen molar-refractivity contribution in [2.24, 2.45) is 7.05 Å². The van der Waals surface area contributed by atoms with Gasteiger partial charge in [0.1, 0.15) is 0 Å². The monoisotopic (exact) mass is 293 g/mol. The van der Waals surface area contributed by atoms with Crippen LogP contribution in [-0.4, -0.2) is 30.1 Å². The Morgan fingerprint density at radius 3 is 3.00 bits per heavy atom. The predicted octanol–water partition coefficient (Wildman–Crippen LogP) is -0.561. The van der Waals surface area contributed by atoms with Crippen molar-refractivity contribution in [2.75, 3.05) is 4.72 Å². The summed E-state index contributed by atoms with van der Waals surface area (Å²) in [5.74, 6) is 0. The smallest absolute Gasteiger partial charge is 0.423 e. The number of hydrogen-bond acceptors (Lipinski definition) is 5. The highest BCUT2D eigenvalue weighted by Crippen LogP contribution is 2.17. The molecule has 2 aromatic rings. The zero-order valence-corrected chi connectivity index (χ0v) is 11.5. The lowest BCUT2D eigenvalue weighted by atomic mass is 9.79. The Morgan fingerprint density at radius 1 is 1.50 bits per heavy atom. The van der Waals surface area contributed by atoms with Crippen molar-refractivity contribution >= 4 is 28.3 Å². The first-order chi connectivity index (χ1) is 9.45. The van der Waals surface area contributed by atoms with E-state index >= 15 is 0 Å². The fourth-order valence-electron chi connectivity index (χ4n) is 2.01. The normalized spacial score (nSPS) is 14.4. The number of rotatable bonds is 3. The number of benzene rings is 1. The van der Waals surface area contributed by atoms with E-state index in [0.717, 1.165) is 5.56 Å². The Balaban J connectivity index is 1.90. The summed E-state index contributed by atoms with van der Waals surface area (Å²) in [6, 6.07) is 4.91. The molecule has 104 valence electrons. The van der Waals surface area contributed by atoms with Crippen LogP contribution in [0.5, 0.6) is 0 Å². The number of aryl methyl sites for hydroxylation is 1. The minimum atomic E-state index is -3.73. The van der Waals surface area contributed by atoms with Crippen LogP contribution in [0.4, 0.5) is 5.69 Å². The maximum absolute atomic E-state index is 12.1. The first kappa shape index (κ1) is 13.2. The minimum absolute atomic E-state index is 0.0581. The van der Waals surface area contributed by atoms with Crippen molar-refractivity contribution in [3.8, 4) is 0 Å². The fourth-order valence-corrected chi connectivity index (χ4v) is 3.05. The first-order valence-electron chi connectivity index (χ1n) is 5.89. The lowest BCUT2D eigenvalue weighted by Crippen LogP contribution is -2.28.